The predicted octanol–water partition coefficient (Wildman–Crippen LogP) is -0.687. The second-order valence-electron chi connectivity index (χ2n) is 3.68. The van der Waals surface area contributed by atoms with Crippen molar-refractivity contribution in [2.75, 3.05) is 0 Å². The Balaban J connectivity index is 2.11. The molecule has 0 spiro atoms. The standard InChI is InChI=1S/C14H13O2Se2/c15-9-11-5-1-3-7-13(11)17-18-14-8-4-2-6-12(14)10-16/h1-8,15H,9-10H2/q-1. The third kappa shape index (κ3) is 3.45. The second kappa shape index (κ2) is 7.10. The fraction of sp³-hybridized carbons (Fsp3) is 0.143. The fourth-order valence-electron chi connectivity index (χ4n) is 1.51. The maximum atomic E-state index is 11.1. The van der Waals surface area contributed by atoms with E-state index in [1.807, 2.05) is 36.4 Å². The molecule has 0 amide bonds. The first-order chi connectivity index (χ1) is 8.85. The van der Waals surface area contributed by atoms with Crippen LogP contribution in [0.5, 0.6) is 0 Å². The molecule has 0 aliphatic heterocycles. The topological polar surface area (TPSA) is 43.3 Å². The molecule has 0 atom stereocenters. The summed E-state index contributed by atoms with van der Waals surface area (Å²) in [6.45, 7) is -0.0488. The molecule has 0 aliphatic rings. The summed E-state index contributed by atoms with van der Waals surface area (Å²) in [5.41, 5.74) is 1.93. The number of hydrogen-bond acceptors (Lipinski definition) is 2. The van der Waals surface area contributed by atoms with Gasteiger partial charge in [0.15, 0.2) is 0 Å². The average Bonchev–Trinajstić information content (AvgIpc) is 2.45. The summed E-state index contributed by atoms with van der Waals surface area (Å²) in [5.74, 6) is 0. The molecule has 4 heteroatoms. The Morgan fingerprint density at radius 3 is 1.89 bits per heavy atom. The molecule has 2 aromatic rings. The minimum atomic E-state index is -0.143. The Bertz CT molecular complexity index is 467. The van der Waals surface area contributed by atoms with Crippen LogP contribution in [0.15, 0.2) is 48.5 Å². The van der Waals surface area contributed by atoms with Crippen molar-refractivity contribution in [3.05, 3.63) is 59.7 Å². The average molecular weight is 371 g/mol. The van der Waals surface area contributed by atoms with E-state index in [4.69, 9.17) is 0 Å². The third-order valence-electron chi connectivity index (χ3n) is 2.49. The monoisotopic (exact) mass is 373 g/mol. The van der Waals surface area contributed by atoms with Crippen LogP contribution in [0.2, 0.25) is 0 Å². The fourth-order valence-corrected chi connectivity index (χ4v) is 8.95. The number of aliphatic hydroxyl groups is 1. The predicted molar refractivity (Wildman–Crippen MR) is 73.3 cm³/mol. The van der Waals surface area contributed by atoms with E-state index in [2.05, 4.69) is 12.1 Å². The molecule has 94 valence electrons. The molecule has 2 aromatic carbocycles. The van der Waals surface area contributed by atoms with E-state index in [0.29, 0.717) is 26.3 Å². The summed E-state index contributed by atoms with van der Waals surface area (Å²) in [5, 5.41) is 20.3. The Kier molecular flexibility index (Phi) is 5.45. The van der Waals surface area contributed by atoms with Gasteiger partial charge < -0.3 is 0 Å². The van der Waals surface area contributed by atoms with Crippen molar-refractivity contribution in [1.29, 1.82) is 0 Å². The van der Waals surface area contributed by atoms with Gasteiger partial charge in [0, 0.05) is 0 Å². The normalized spacial score (nSPS) is 10.6. The van der Waals surface area contributed by atoms with E-state index in [1.54, 1.807) is 0 Å². The molecule has 0 aliphatic carbocycles. The van der Waals surface area contributed by atoms with Crippen LogP contribution < -0.4 is 14.0 Å². The van der Waals surface area contributed by atoms with Crippen LogP contribution in [0.4, 0.5) is 0 Å². The van der Waals surface area contributed by atoms with Crippen molar-refractivity contribution < 1.29 is 10.2 Å². The zero-order valence-electron chi connectivity index (χ0n) is 9.70. The van der Waals surface area contributed by atoms with Gasteiger partial charge in [-0.2, -0.15) is 0 Å². The molecule has 0 bridgehead atoms. The van der Waals surface area contributed by atoms with Crippen molar-refractivity contribution >= 4 is 35.2 Å². The summed E-state index contributed by atoms with van der Waals surface area (Å²) >= 11 is 0.622. The van der Waals surface area contributed by atoms with Crippen molar-refractivity contribution in [3.8, 4) is 0 Å². The van der Waals surface area contributed by atoms with E-state index in [1.165, 1.54) is 8.92 Å². The van der Waals surface area contributed by atoms with Gasteiger partial charge >= 0.3 is 118 Å². The SMILES string of the molecule is [O-]Cc1ccccc1[Se][Se]c1ccccc1CO. The van der Waals surface area contributed by atoms with Gasteiger partial charge in [-0.1, -0.05) is 0 Å². The van der Waals surface area contributed by atoms with E-state index in [9.17, 15) is 10.2 Å². The van der Waals surface area contributed by atoms with Crippen LogP contribution in [-0.4, -0.2) is 31.4 Å². The summed E-state index contributed by atoms with van der Waals surface area (Å²) in [7, 11) is 0. The summed E-state index contributed by atoms with van der Waals surface area (Å²) in [6.07, 6.45) is 0. The van der Waals surface area contributed by atoms with Gasteiger partial charge in [-0.25, -0.2) is 0 Å². The summed E-state index contributed by atoms with van der Waals surface area (Å²) in [6, 6.07) is 15.9. The first-order valence-electron chi connectivity index (χ1n) is 5.54. The Hall–Kier alpha value is -0.601. The Morgan fingerprint density at radius 2 is 1.33 bits per heavy atom. The maximum absolute atomic E-state index is 11.1. The van der Waals surface area contributed by atoms with E-state index < -0.39 is 0 Å². The van der Waals surface area contributed by atoms with Crippen molar-refractivity contribution in [1.82, 2.24) is 0 Å². The number of hydrogen-bond donors (Lipinski definition) is 1. The van der Waals surface area contributed by atoms with E-state index in [0.717, 1.165) is 11.1 Å². The quantitative estimate of drug-likeness (QED) is 0.708. The van der Waals surface area contributed by atoms with Gasteiger partial charge in [0.2, 0.25) is 0 Å². The van der Waals surface area contributed by atoms with Crippen LogP contribution in [0.3, 0.4) is 0 Å². The van der Waals surface area contributed by atoms with Crippen LogP contribution in [0.25, 0.3) is 0 Å². The molecule has 0 heterocycles. The summed E-state index contributed by atoms with van der Waals surface area (Å²) in [4.78, 5) is 0. The molecule has 0 unspecified atom stereocenters. The molecular formula is C14H13O2Se2-. The first kappa shape index (κ1) is 13.8. The molecule has 2 nitrogen and oxygen atoms in total. The van der Waals surface area contributed by atoms with Crippen molar-refractivity contribution in [3.63, 3.8) is 0 Å². The second-order valence-corrected chi connectivity index (χ2v) is 9.86. The molecule has 1 N–H and O–H groups in total. The van der Waals surface area contributed by atoms with Gasteiger partial charge in [0.1, 0.15) is 0 Å². The third-order valence-corrected chi connectivity index (χ3v) is 9.92. The van der Waals surface area contributed by atoms with Crippen LogP contribution in [0, 0.1) is 0 Å². The molecule has 2 rings (SSSR count). The first-order valence-corrected chi connectivity index (χ1v) is 11.6. The Labute approximate surface area is 118 Å². The number of aliphatic hydroxyl groups excluding tert-OH is 1. The zero-order valence-corrected chi connectivity index (χ0v) is 13.1. The summed E-state index contributed by atoms with van der Waals surface area (Å²) < 4.78 is 2.45. The molecule has 0 aromatic heterocycles. The molecule has 0 radical (unpaired) electrons. The van der Waals surface area contributed by atoms with Crippen LogP contribution in [0.1, 0.15) is 11.1 Å². The van der Waals surface area contributed by atoms with Gasteiger partial charge in [-0.3, -0.25) is 0 Å². The van der Waals surface area contributed by atoms with E-state index >= 15 is 0 Å². The zero-order chi connectivity index (χ0) is 12.8. The van der Waals surface area contributed by atoms with Crippen LogP contribution in [-0.2, 0) is 13.2 Å². The van der Waals surface area contributed by atoms with Gasteiger partial charge in [-0.15, -0.1) is 0 Å². The van der Waals surface area contributed by atoms with Crippen molar-refractivity contribution in [2.45, 2.75) is 13.2 Å². The molecule has 18 heavy (non-hydrogen) atoms. The van der Waals surface area contributed by atoms with Gasteiger partial charge in [0.25, 0.3) is 0 Å². The Morgan fingerprint density at radius 1 is 0.833 bits per heavy atom. The van der Waals surface area contributed by atoms with Crippen molar-refractivity contribution in [2.24, 2.45) is 0 Å². The minimum absolute atomic E-state index is 0.0945. The molecule has 0 fully saturated rings. The van der Waals surface area contributed by atoms with Crippen LogP contribution >= 0.6 is 0 Å². The number of benzene rings is 2. The number of rotatable bonds is 5. The molecule has 0 saturated heterocycles. The molecule has 0 saturated carbocycles. The van der Waals surface area contributed by atoms with Gasteiger partial charge in [-0.05, 0) is 0 Å². The van der Waals surface area contributed by atoms with E-state index in [-0.39, 0.29) is 13.2 Å². The molecular weight excluding hydrogens is 358 g/mol. The van der Waals surface area contributed by atoms with Gasteiger partial charge in [0.05, 0.1) is 0 Å².